The Morgan fingerprint density at radius 1 is 1.00 bits per heavy atom. The number of rotatable bonds is 3. The van der Waals surface area contributed by atoms with Gasteiger partial charge in [-0.2, -0.15) is 13.2 Å². The van der Waals surface area contributed by atoms with Crippen molar-refractivity contribution < 1.29 is 18.0 Å². The van der Waals surface area contributed by atoms with E-state index in [1.807, 2.05) is 0 Å². The second-order valence-electron chi connectivity index (χ2n) is 4.82. The lowest BCUT2D eigenvalue weighted by atomic mass is 10.1. The highest BCUT2D eigenvalue weighted by Gasteiger charge is 2.30. The van der Waals surface area contributed by atoms with Crippen molar-refractivity contribution in [1.82, 2.24) is 5.32 Å². The number of anilines is 2. The van der Waals surface area contributed by atoms with Crippen LogP contribution in [-0.2, 0) is 6.18 Å². The van der Waals surface area contributed by atoms with Crippen LogP contribution in [0.2, 0.25) is 0 Å². The summed E-state index contributed by atoms with van der Waals surface area (Å²) in [6.45, 7) is 0. The third-order valence-electron chi connectivity index (χ3n) is 3.06. The molecule has 0 bridgehead atoms. The lowest BCUT2D eigenvalue weighted by Gasteiger charge is -2.11. The number of thiocarbonyl (C=S) groups is 1. The average Bonchev–Trinajstić information content (AvgIpc) is 2.54. The number of hydrogen-bond donors (Lipinski definition) is 3. The Bertz CT molecular complexity index is 762. The fourth-order valence-corrected chi connectivity index (χ4v) is 2.03. The number of carbonyl (C=O) groups excluding carboxylic acids is 1. The van der Waals surface area contributed by atoms with E-state index in [0.717, 1.165) is 12.1 Å². The summed E-state index contributed by atoms with van der Waals surface area (Å²) in [5.41, 5.74) is 0.122. The molecular formula is C16H14F3N3OS. The van der Waals surface area contributed by atoms with E-state index < -0.39 is 17.6 Å². The van der Waals surface area contributed by atoms with E-state index in [2.05, 4.69) is 16.0 Å². The van der Waals surface area contributed by atoms with Crippen molar-refractivity contribution in [3.8, 4) is 0 Å². The van der Waals surface area contributed by atoms with Crippen molar-refractivity contribution >= 4 is 34.6 Å². The summed E-state index contributed by atoms with van der Waals surface area (Å²) in [4.78, 5) is 12.2. The first kappa shape index (κ1) is 17.7. The number of carbonyl (C=O) groups is 1. The van der Waals surface area contributed by atoms with E-state index in [0.29, 0.717) is 10.8 Å². The average molecular weight is 353 g/mol. The second-order valence-corrected chi connectivity index (χ2v) is 5.23. The molecule has 1 amide bonds. The van der Waals surface area contributed by atoms with Crippen molar-refractivity contribution in [1.29, 1.82) is 0 Å². The standard InChI is InChI=1S/C16H14F3N3OS/c1-20-15(24)22-12-6-2-4-10(8-12)14(23)21-13-7-3-5-11(9-13)16(17,18)19/h2-9H,1H3,(H,21,23)(H2,20,22,24). The summed E-state index contributed by atoms with van der Waals surface area (Å²) in [6.07, 6.45) is -4.46. The van der Waals surface area contributed by atoms with Crippen LogP contribution in [0.3, 0.4) is 0 Å². The lowest BCUT2D eigenvalue weighted by molar-refractivity contribution is -0.137. The zero-order valence-corrected chi connectivity index (χ0v) is 13.4. The van der Waals surface area contributed by atoms with Gasteiger partial charge in [-0.1, -0.05) is 12.1 Å². The van der Waals surface area contributed by atoms with Gasteiger partial charge in [0.25, 0.3) is 5.91 Å². The molecule has 0 atom stereocenters. The van der Waals surface area contributed by atoms with Gasteiger partial charge in [-0.15, -0.1) is 0 Å². The molecular weight excluding hydrogens is 339 g/mol. The molecule has 24 heavy (non-hydrogen) atoms. The van der Waals surface area contributed by atoms with Gasteiger partial charge in [0.05, 0.1) is 5.56 Å². The van der Waals surface area contributed by atoms with Gasteiger partial charge in [0, 0.05) is 24.0 Å². The van der Waals surface area contributed by atoms with Gasteiger partial charge in [0.1, 0.15) is 0 Å². The number of alkyl halides is 3. The van der Waals surface area contributed by atoms with E-state index in [4.69, 9.17) is 12.2 Å². The van der Waals surface area contributed by atoms with Crippen LogP contribution in [-0.4, -0.2) is 18.1 Å². The Morgan fingerprint density at radius 3 is 2.25 bits per heavy atom. The molecule has 0 aliphatic carbocycles. The number of amides is 1. The van der Waals surface area contributed by atoms with Crippen molar-refractivity contribution in [2.24, 2.45) is 0 Å². The smallest absolute Gasteiger partial charge is 0.366 e. The Hall–Kier alpha value is -2.61. The molecule has 0 aliphatic rings. The summed E-state index contributed by atoms with van der Waals surface area (Å²) >= 11 is 4.97. The molecule has 2 aromatic rings. The molecule has 0 unspecified atom stereocenters. The predicted octanol–water partition coefficient (Wildman–Crippen LogP) is 3.87. The maximum atomic E-state index is 12.7. The highest BCUT2D eigenvalue weighted by molar-refractivity contribution is 7.80. The first-order valence-corrected chi connectivity index (χ1v) is 7.28. The summed E-state index contributed by atoms with van der Waals surface area (Å²) in [5.74, 6) is -0.520. The summed E-state index contributed by atoms with van der Waals surface area (Å²) < 4.78 is 38.1. The third-order valence-corrected chi connectivity index (χ3v) is 3.36. The molecule has 8 heteroatoms. The van der Waals surface area contributed by atoms with Crippen molar-refractivity contribution in [3.05, 3.63) is 59.7 Å². The first-order valence-electron chi connectivity index (χ1n) is 6.87. The minimum Gasteiger partial charge on any atom is -0.366 e. The van der Waals surface area contributed by atoms with Gasteiger partial charge in [-0.05, 0) is 48.6 Å². The van der Waals surface area contributed by atoms with E-state index in [1.54, 1.807) is 31.3 Å². The van der Waals surface area contributed by atoms with Crippen LogP contribution in [0, 0.1) is 0 Å². The van der Waals surface area contributed by atoms with Crippen molar-refractivity contribution in [3.63, 3.8) is 0 Å². The van der Waals surface area contributed by atoms with E-state index in [9.17, 15) is 18.0 Å². The highest BCUT2D eigenvalue weighted by Crippen LogP contribution is 2.30. The molecule has 0 saturated carbocycles. The Morgan fingerprint density at radius 2 is 1.62 bits per heavy atom. The lowest BCUT2D eigenvalue weighted by Crippen LogP contribution is -2.24. The van der Waals surface area contributed by atoms with Gasteiger partial charge in [-0.25, -0.2) is 0 Å². The third kappa shape index (κ3) is 4.69. The number of nitrogens with one attached hydrogen (secondary N) is 3. The van der Waals surface area contributed by atoms with Gasteiger partial charge < -0.3 is 16.0 Å². The molecule has 3 N–H and O–H groups in total. The van der Waals surface area contributed by atoms with Crippen molar-refractivity contribution in [2.75, 3.05) is 17.7 Å². The van der Waals surface area contributed by atoms with E-state index >= 15 is 0 Å². The predicted molar refractivity (Wildman–Crippen MR) is 91.1 cm³/mol. The molecule has 0 aliphatic heterocycles. The van der Waals surface area contributed by atoms with Crippen LogP contribution in [0.15, 0.2) is 48.5 Å². The minimum absolute atomic E-state index is 0.0685. The fourth-order valence-electron chi connectivity index (χ4n) is 1.91. The largest absolute Gasteiger partial charge is 0.416 e. The SMILES string of the molecule is CNC(=S)Nc1cccc(C(=O)Nc2cccc(C(F)(F)F)c2)c1. The van der Waals surface area contributed by atoms with E-state index in [1.165, 1.54) is 12.1 Å². The normalized spacial score (nSPS) is 10.8. The minimum atomic E-state index is -4.46. The summed E-state index contributed by atoms with van der Waals surface area (Å²) in [5, 5.41) is 8.44. The molecule has 0 heterocycles. The van der Waals surface area contributed by atoms with Crippen LogP contribution in [0.5, 0.6) is 0 Å². The van der Waals surface area contributed by atoms with Crippen molar-refractivity contribution in [2.45, 2.75) is 6.18 Å². The Balaban J connectivity index is 2.15. The summed E-state index contributed by atoms with van der Waals surface area (Å²) in [7, 11) is 1.65. The van der Waals surface area contributed by atoms with Gasteiger partial charge >= 0.3 is 6.18 Å². The Labute approximate surface area is 142 Å². The van der Waals surface area contributed by atoms with E-state index in [-0.39, 0.29) is 11.3 Å². The van der Waals surface area contributed by atoms with Crippen LogP contribution in [0.25, 0.3) is 0 Å². The Kier molecular flexibility index (Phi) is 5.40. The fraction of sp³-hybridized carbons (Fsp3) is 0.125. The highest BCUT2D eigenvalue weighted by atomic mass is 32.1. The zero-order valence-electron chi connectivity index (χ0n) is 12.6. The van der Waals surface area contributed by atoms with Crippen LogP contribution in [0.1, 0.15) is 15.9 Å². The second kappa shape index (κ2) is 7.31. The molecule has 4 nitrogen and oxygen atoms in total. The van der Waals surface area contributed by atoms with Crippen LogP contribution in [0.4, 0.5) is 24.5 Å². The van der Waals surface area contributed by atoms with Crippen LogP contribution >= 0.6 is 12.2 Å². The molecule has 0 saturated heterocycles. The van der Waals surface area contributed by atoms with Gasteiger partial charge in [0.2, 0.25) is 0 Å². The number of hydrogen-bond acceptors (Lipinski definition) is 2. The first-order chi connectivity index (χ1) is 11.3. The number of benzene rings is 2. The molecule has 0 fully saturated rings. The molecule has 0 aromatic heterocycles. The quantitative estimate of drug-likeness (QED) is 0.733. The summed E-state index contributed by atoms with van der Waals surface area (Å²) in [6, 6.07) is 10.9. The molecule has 0 radical (unpaired) electrons. The molecule has 0 spiro atoms. The number of halogens is 3. The monoisotopic (exact) mass is 353 g/mol. The van der Waals surface area contributed by atoms with Gasteiger partial charge in [-0.3, -0.25) is 4.79 Å². The molecule has 2 rings (SSSR count). The van der Waals surface area contributed by atoms with Gasteiger partial charge in [0.15, 0.2) is 5.11 Å². The maximum Gasteiger partial charge on any atom is 0.416 e. The zero-order chi connectivity index (χ0) is 17.7. The molecule has 126 valence electrons. The van der Waals surface area contributed by atoms with Crippen LogP contribution < -0.4 is 16.0 Å². The topological polar surface area (TPSA) is 53.2 Å². The maximum absolute atomic E-state index is 12.7. The molecule has 2 aromatic carbocycles.